The fourth-order valence-electron chi connectivity index (χ4n) is 3.06. The van der Waals surface area contributed by atoms with Gasteiger partial charge in [-0.05, 0) is 38.8 Å². The van der Waals surface area contributed by atoms with Crippen molar-refractivity contribution in [2.75, 3.05) is 19.6 Å². The summed E-state index contributed by atoms with van der Waals surface area (Å²) in [6.07, 6.45) is -0.567. The maximum Gasteiger partial charge on any atom is 0.410 e. The van der Waals surface area contributed by atoms with E-state index in [2.05, 4.69) is 10.6 Å². The van der Waals surface area contributed by atoms with Gasteiger partial charge in [0, 0.05) is 6.54 Å². The SMILES string of the molecule is CC(C)[C@@H](NC(=O)c1c(F)cccc1F)C(=O)NCC1(O)CN(C(=O)OC(C)(C)C)C1. The molecule has 0 unspecified atom stereocenters. The molecule has 1 aromatic rings. The number of nitrogens with zero attached hydrogens (tertiary/aromatic N) is 1. The highest BCUT2D eigenvalue weighted by molar-refractivity contribution is 5.98. The second-order valence-corrected chi connectivity index (χ2v) is 9.07. The number of likely N-dealkylation sites (tertiary alicyclic amines) is 1. The summed E-state index contributed by atoms with van der Waals surface area (Å²) in [5.41, 5.74) is -2.78. The van der Waals surface area contributed by atoms with Gasteiger partial charge in [-0.1, -0.05) is 19.9 Å². The summed E-state index contributed by atoms with van der Waals surface area (Å²) in [5, 5.41) is 15.4. The normalized spacial score (nSPS) is 16.4. The molecule has 0 radical (unpaired) electrons. The van der Waals surface area contributed by atoms with Crippen molar-refractivity contribution in [3.8, 4) is 0 Å². The first-order chi connectivity index (χ1) is 14.2. The minimum absolute atomic E-state index is 0.0265. The summed E-state index contributed by atoms with van der Waals surface area (Å²) < 4.78 is 32.9. The predicted octanol–water partition coefficient (Wildman–Crippen LogP) is 1.82. The number of aliphatic hydroxyl groups is 1. The molecular weight excluding hydrogens is 412 g/mol. The van der Waals surface area contributed by atoms with Crippen molar-refractivity contribution in [3.05, 3.63) is 35.4 Å². The lowest BCUT2D eigenvalue weighted by molar-refractivity contribution is -0.129. The first kappa shape index (κ1) is 24.5. The van der Waals surface area contributed by atoms with E-state index >= 15 is 0 Å². The van der Waals surface area contributed by atoms with Crippen LogP contribution in [0.25, 0.3) is 0 Å². The number of benzene rings is 1. The van der Waals surface area contributed by atoms with Crippen LogP contribution in [0.1, 0.15) is 45.0 Å². The molecule has 3 amide bonds. The van der Waals surface area contributed by atoms with E-state index in [4.69, 9.17) is 4.74 Å². The Balaban J connectivity index is 1.93. The molecule has 1 aliphatic rings. The van der Waals surface area contributed by atoms with Crippen LogP contribution in [0.15, 0.2) is 18.2 Å². The molecule has 0 spiro atoms. The van der Waals surface area contributed by atoms with Crippen molar-refractivity contribution >= 4 is 17.9 Å². The smallest absolute Gasteiger partial charge is 0.410 e. The highest BCUT2D eigenvalue weighted by Crippen LogP contribution is 2.23. The number of nitrogens with one attached hydrogen (secondary N) is 2. The number of halogens is 2. The molecule has 0 aromatic heterocycles. The summed E-state index contributed by atoms with van der Waals surface area (Å²) in [6, 6.07) is 1.95. The van der Waals surface area contributed by atoms with E-state index in [0.717, 1.165) is 18.2 Å². The zero-order chi connectivity index (χ0) is 23.6. The first-order valence-corrected chi connectivity index (χ1v) is 9.95. The molecule has 8 nitrogen and oxygen atoms in total. The van der Waals surface area contributed by atoms with Gasteiger partial charge in [0.15, 0.2) is 0 Å². The molecule has 10 heteroatoms. The zero-order valence-electron chi connectivity index (χ0n) is 18.3. The number of hydrogen-bond acceptors (Lipinski definition) is 5. The van der Waals surface area contributed by atoms with E-state index in [-0.39, 0.29) is 19.6 Å². The van der Waals surface area contributed by atoms with Gasteiger partial charge >= 0.3 is 6.09 Å². The molecule has 1 fully saturated rings. The Morgan fingerprint density at radius 1 is 1.19 bits per heavy atom. The van der Waals surface area contributed by atoms with Crippen molar-refractivity contribution in [3.63, 3.8) is 0 Å². The molecule has 1 heterocycles. The van der Waals surface area contributed by atoms with E-state index < -0.39 is 58.3 Å². The number of carbonyl (C=O) groups excluding carboxylic acids is 3. The third kappa shape index (κ3) is 6.36. The molecule has 1 atom stereocenters. The topological polar surface area (TPSA) is 108 Å². The van der Waals surface area contributed by atoms with Gasteiger partial charge in [0.25, 0.3) is 5.91 Å². The van der Waals surface area contributed by atoms with Gasteiger partial charge in [0.05, 0.1) is 13.1 Å². The Kier molecular flexibility index (Phi) is 7.25. The van der Waals surface area contributed by atoms with Crippen LogP contribution in [0.5, 0.6) is 0 Å². The Bertz CT molecular complexity index is 828. The summed E-state index contributed by atoms with van der Waals surface area (Å²) in [5.74, 6) is -4.14. The quantitative estimate of drug-likeness (QED) is 0.624. The maximum atomic E-state index is 13.8. The number of carbonyl (C=O) groups is 3. The number of ether oxygens (including phenoxy) is 1. The number of hydrogen-bond donors (Lipinski definition) is 3. The van der Waals surface area contributed by atoms with Gasteiger partial charge in [-0.2, -0.15) is 0 Å². The molecule has 1 aliphatic heterocycles. The van der Waals surface area contributed by atoms with E-state index in [1.54, 1.807) is 34.6 Å². The number of β-amino-alcohol motifs (C(OH)–C–C–N with tert-alkyl or cyclic N) is 1. The van der Waals surface area contributed by atoms with E-state index in [1.165, 1.54) is 4.90 Å². The van der Waals surface area contributed by atoms with Gasteiger partial charge < -0.3 is 25.4 Å². The maximum absolute atomic E-state index is 13.8. The lowest BCUT2D eigenvalue weighted by atomic mass is 9.94. The van der Waals surface area contributed by atoms with Crippen molar-refractivity contribution < 1.29 is 33.0 Å². The summed E-state index contributed by atoms with van der Waals surface area (Å²) in [4.78, 5) is 38.2. The average Bonchev–Trinajstić information content (AvgIpc) is 2.60. The summed E-state index contributed by atoms with van der Waals surface area (Å²) >= 11 is 0. The Labute approximate surface area is 179 Å². The van der Waals surface area contributed by atoms with Gasteiger partial charge in [0.1, 0.15) is 34.4 Å². The first-order valence-electron chi connectivity index (χ1n) is 9.95. The van der Waals surface area contributed by atoms with E-state index in [0.29, 0.717) is 0 Å². The molecular formula is C21H29F2N3O5. The van der Waals surface area contributed by atoms with Crippen LogP contribution in [0, 0.1) is 17.6 Å². The van der Waals surface area contributed by atoms with Crippen molar-refractivity contribution in [1.29, 1.82) is 0 Å². The van der Waals surface area contributed by atoms with Crippen molar-refractivity contribution in [1.82, 2.24) is 15.5 Å². The molecule has 1 saturated heterocycles. The van der Waals surface area contributed by atoms with Crippen LogP contribution in [0.2, 0.25) is 0 Å². The third-order valence-electron chi connectivity index (χ3n) is 4.64. The van der Waals surface area contributed by atoms with Crippen LogP contribution < -0.4 is 10.6 Å². The molecule has 3 N–H and O–H groups in total. The lowest BCUT2D eigenvalue weighted by Gasteiger charge is -2.46. The van der Waals surface area contributed by atoms with Crippen molar-refractivity contribution in [2.24, 2.45) is 5.92 Å². The second kappa shape index (κ2) is 9.17. The summed E-state index contributed by atoms with van der Waals surface area (Å²) in [7, 11) is 0. The fraction of sp³-hybridized carbons (Fsp3) is 0.571. The average molecular weight is 441 g/mol. The summed E-state index contributed by atoms with van der Waals surface area (Å²) in [6.45, 7) is 8.27. The van der Waals surface area contributed by atoms with Crippen molar-refractivity contribution in [2.45, 2.75) is 51.9 Å². The van der Waals surface area contributed by atoms with Crippen LogP contribution in [0.3, 0.4) is 0 Å². The number of rotatable bonds is 6. The fourth-order valence-corrected chi connectivity index (χ4v) is 3.06. The third-order valence-corrected chi connectivity index (χ3v) is 4.64. The van der Waals surface area contributed by atoms with Gasteiger partial charge in [-0.3, -0.25) is 9.59 Å². The van der Waals surface area contributed by atoms with Crippen LogP contribution in [-0.2, 0) is 9.53 Å². The minimum Gasteiger partial charge on any atom is -0.444 e. The molecule has 1 aromatic carbocycles. The van der Waals surface area contributed by atoms with Gasteiger partial charge in [-0.15, -0.1) is 0 Å². The van der Waals surface area contributed by atoms with Gasteiger partial charge in [0.2, 0.25) is 5.91 Å². The Morgan fingerprint density at radius 2 is 1.74 bits per heavy atom. The predicted molar refractivity (Wildman–Crippen MR) is 108 cm³/mol. The van der Waals surface area contributed by atoms with Crippen LogP contribution >= 0.6 is 0 Å². The molecule has 2 rings (SSSR count). The number of amides is 3. The second-order valence-electron chi connectivity index (χ2n) is 9.07. The molecule has 172 valence electrons. The van der Waals surface area contributed by atoms with Crippen LogP contribution in [-0.4, -0.2) is 64.8 Å². The Morgan fingerprint density at radius 3 is 2.23 bits per heavy atom. The molecule has 0 saturated carbocycles. The zero-order valence-corrected chi connectivity index (χ0v) is 18.3. The highest BCUT2D eigenvalue weighted by atomic mass is 19.1. The largest absolute Gasteiger partial charge is 0.444 e. The van der Waals surface area contributed by atoms with Gasteiger partial charge in [-0.25, -0.2) is 13.6 Å². The molecule has 0 aliphatic carbocycles. The van der Waals surface area contributed by atoms with E-state index in [9.17, 15) is 28.3 Å². The molecule has 31 heavy (non-hydrogen) atoms. The monoisotopic (exact) mass is 441 g/mol. The molecule has 0 bridgehead atoms. The lowest BCUT2D eigenvalue weighted by Crippen LogP contribution is -2.68. The minimum atomic E-state index is -1.34. The van der Waals surface area contributed by atoms with Crippen LogP contribution in [0.4, 0.5) is 13.6 Å². The standard InChI is InChI=1S/C21H29F2N3O5/c1-12(2)16(25-17(27)15-13(22)7-6-8-14(15)23)18(28)24-9-21(30)10-26(11-21)19(29)31-20(3,4)5/h6-8,12,16,30H,9-11H2,1-5H3,(H,24,28)(H,25,27)/t16-/m1/s1. The highest BCUT2D eigenvalue weighted by Gasteiger charge is 2.45. The van der Waals surface area contributed by atoms with E-state index in [1.807, 2.05) is 0 Å². The Hall–Kier alpha value is -2.75.